The van der Waals surface area contributed by atoms with Crippen molar-refractivity contribution in [3.8, 4) is 0 Å². The molecule has 25 heavy (non-hydrogen) atoms. The van der Waals surface area contributed by atoms with E-state index >= 15 is 0 Å². The van der Waals surface area contributed by atoms with Crippen LogP contribution in [-0.4, -0.2) is 25.7 Å². The van der Waals surface area contributed by atoms with Crippen molar-refractivity contribution in [2.45, 2.75) is 17.8 Å². The van der Waals surface area contributed by atoms with Crippen LogP contribution in [0.15, 0.2) is 52.0 Å². The first kappa shape index (κ1) is 16.7. The van der Waals surface area contributed by atoms with Gasteiger partial charge in [-0.1, -0.05) is 42.1 Å². The van der Waals surface area contributed by atoms with Gasteiger partial charge >= 0.3 is 11.8 Å². The monoisotopic (exact) mass is 359 g/mol. The minimum Gasteiger partial charge on any atom is -0.395 e. The molecule has 0 unspecified atom stereocenters. The van der Waals surface area contributed by atoms with Gasteiger partial charge in [-0.05, 0) is 18.6 Å². The lowest BCUT2D eigenvalue weighted by Crippen LogP contribution is -2.24. The average molecular weight is 359 g/mol. The van der Waals surface area contributed by atoms with Gasteiger partial charge in [-0.15, -0.1) is 10.2 Å². The van der Waals surface area contributed by atoms with Crippen molar-refractivity contribution in [1.29, 1.82) is 0 Å². The fraction of sp³-hybridized carbons (Fsp3) is 0.133. The predicted octanol–water partition coefficient (Wildman–Crippen LogP) is 2.76. The Morgan fingerprint density at radius 3 is 2.72 bits per heavy atom. The molecule has 0 aliphatic rings. The van der Waals surface area contributed by atoms with E-state index in [9.17, 15) is 14.9 Å². The van der Waals surface area contributed by atoms with E-state index in [-0.39, 0.29) is 5.76 Å². The molecule has 10 heteroatoms. The van der Waals surface area contributed by atoms with E-state index in [2.05, 4.69) is 15.6 Å². The maximum atomic E-state index is 12.2. The summed E-state index contributed by atoms with van der Waals surface area (Å²) in [4.78, 5) is 22.1. The summed E-state index contributed by atoms with van der Waals surface area (Å²) in [6.45, 7) is 1.68. The molecular formula is C15H13N5O4S. The summed E-state index contributed by atoms with van der Waals surface area (Å²) < 4.78 is 6.31. The lowest BCUT2D eigenvalue weighted by atomic mass is 10.2. The summed E-state index contributed by atoms with van der Waals surface area (Å²) in [5.74, 6) is -0.160. The number of carbonyl (C=O) groups is 1. The summed E-state index contributed by atoms with van der Waals surface area (Å²) in [7, 11) is 0. The molecule has 3 aromatic rings. The van der Waals surface area contributed by atoms with E-state index in [4.69, 9.17) is 4.42 Å². The van der Waals surface area contributed by atoms with Gasteiger partial charge in [-0.3, -0.25) is 20.3 Å². The zero-order valence-electron chi connectivity index (χ0n) is 13.1. The van der Waals surface area contributed by atoms with Crippen LogP contribution in [0, 0.1) is 17.0 Å². The molecule has 0 aliphatic heterocycles. The van der Waals surface area contributed by atoms with Crippen molar-refractivity contribution in [3.05, 3.63) is 69.7 Å². The number of rotatable bonds is 6. The van der Waals surface area contributed by atoms with Crippen LogP contribution in [0.1, 0.15) is 21.9 Å². The molecule has 0 aliphatic carbocycles. The van der Waals surface area contributed by atoms with Gasteiger partial charge in [0.2, 0.25) is 10.9 Å². The zero-order chi connectivity index (χ0) is 17.8. The minimum absolute atomic E-state index is 0.168. The Hall–Kier alpha value is -3.14. The first-order chi connectivity index (χ1) is 12.0. The van der Waals surface area contributed by atoms with Gasteiger partial charge in [0.25, 0.3) is 0 Å². The van der Waals surface area contributed by atoms with Crippen molar-refractivity contribution in [2.24, 2.45) is 0 Å². The van der Waals surface area contributed by atoms with Gasteiger partial charge in [-0.2, -0.15) is 0 Å². The summed E-state index contributed by atoms with van der Waals surface area (Å²) in [5, 5.41) is 19.1. The third-order valence-electron chi connectivity index (χ3n) is 3.21. The number of amides is 1. The number of carbonyl (C=O) groups excluding carboxylic acids is 1. The first-order valence-electron chi connectivity index (χ1n) is 7.19. The zero-order valence-corrected chi connectivity index (χ0v) is 13.9. The second kappa shape index (κ2) is 7.18. The molecule has 0 fully saturated rings. The highest BCUT2D eigenvalue weighted by Crippen LogP contribution is 2.21. The standard InChI is InChI=1S/C15H13N5O4S/c1-10-16-17-15(25-9-11-5-3-2-4-6-11)19(10)18-14(21)12-7-8-13(24-12)20(22)23/h2-8H,9H2,1H3,(H,18,21). The lowest BCUT2D eigenvalue weighted by Gasteiger charge is -2.08. The van der Waals surface area contributed by atoms with Crippen LogP contribution in [0.25, 0.3) is 0 Å². The molecule has 1 aromatic carbocycles. The molecule has 3 rings (SSSR count). The fourth-order valence-electron chi connectivity index (χ4n) is 1.99. The summed E-state index contributed by atoms with van der Waals surface area (Å²) in [5.41, 5.74) is 3.68. The number of aromatic nitrogens is 3. The second-order valence-electron chi connectivity index (χ2n) is 4.98. The smallest absolute Gasteiger partial charge is 0.395 e. The summed E-state index contributed by atoms with van der Waals surface area (Å²) >= 11 is 1.40. The number of furan rings is 1. The predicted molar refractivity (Wildman–Crippen MR) is 89.8 cm³/mol. The van der Waals surface area contributed by atoms with Crippen molar-refractivity contribution >= 4 is 23.6 Å². The highest BCUT2D eigenvalue weighted by atomic mass is 32.2. The van der Waals surface area contributed by atoms with Crippen molar-refractivity contribution in [3.63, 3.8) is 0 Å². The minimum atomic E-state index is -0.706. The number of thioether (sulfide) groups is 1. The number of benzene rings is 1. The Balaban J connectivity index is 1.72. The molecule has 0 atom stereocenters. The lowest BCUT2D eigenvalue weighted by molar-refractivity contribution is -0.402. The largest absolute Gasteiger partial charge is 0.433 e. The number of hydrogen-bond donors (Lipinski definition) is 1. The van der Waals surface area contributed by atoms with Gasteiger partial charge < -0.3 is 4.42 Å². The molecule has 128 valence electrons. The quantitative estimate of drug-likeness (QED) is 0.408. The van der Waals surface area contributed by atoms with E-state index < -0.39 is 16.7 Å². The maximum absolute atomic E-state index is 12.2. The first-order valence-corrected chi connectivity index (χ1v) is 8.17. The number of nitrogens with zero attached hydrogens (tertiary/aromatic N) is 4. The topological polar surface area (TPSA) is 116 Å². The molecule has 0 saturated heterocycles. The third-order valence-corrected chi connectivity index (χ3v) is 4.21. The van der Waals surface area contributed by atoms with Gasteiger partial charge in [-0.25, -0.2) is 4.68 Å². The Labute approximate surface area is 146 Å². The molecule has 2 aromatic heterocycles. The molecule has 0 saturated carbocycles. The molecule has 2 heterocycles. The molecule has 1 N–H and O–H groups in total. The van der Waals surface area contributed by atoms with Gasteiger partial charge in [0, 0.05) is 5.75 Å². The van der Waals surface area contributed by atoms with Crippen molar-refractivity contribution < 1.29 is 14.1 Å². The Morgan fingerprint density at radius 1 is 1.28 bits per heavy atom. The molecule has 0 bridgehead atoms. The number of nitro groups is 1. The Morgan fingerprint density at radius 2 is 2.04 bits per heavy atom. The van der Waals surface area contributed by atoms with E-state index in [0.717, 1.165) is 11.6 Å². The molecule has 1 amide bonds. The summed E-state index contributed by atoms with van der Waals surface area (Å²) in [6, 6.07) is 12.2. The SMILES string of the molecule is Cc1nnc(SCc2ccccc2)n1NC(=O)c1ccc([N+](=O)[O-])o1. The molecule has 9 nitrogen and oxygen atoms in total. The van der Waals surface area contributed by atoms with E-state index in [1.165, 1.54) is 22.5 Å². The van der Waals surface area contributed by atoms with Crippen LogP contribution in [0.2, 0.25) is 0 Å². The maximum Gasteiger partial charge on any atom is 0.433 e. The molecule has 0 radical (unpaired) electrons. The normalized spacial score (nSPS) is 10.6. The van der Waals surface area contributed by atoms with Crippen LogP contribution < -0.4 is 5.43 Å². The van der Waals surface area contributed by atoms with E-state index in [1.807, 2.05) is 30.3 Å². The highest BCUT2D eigenvalue weighted by Gasteiger charge is 2.19. The van der Waals surface area contributed by atoms with Gasteiger partial charge in [0.1, 0.15) is 10.7 Å². The second-order valence-corrected chi connectivity index (χ2v) is 5.92. The van der Waals surface area contributed by atoms with Crippen molar-refractivity contribution in [2.75, 3.05) is 5.43 Å². The number of hydrogen-bond acceptors (Lipinski definition) is 7. The van der Waals surface area contributed by atoms with Crippen LogP contribution in [-0.2, 0) is 5.75 Å². The van der Waals surface area contributed by atoms with Gasteiger partial charge in [0.15, 0.2) is 0 Å². The summed E-state index contributed by atoms with van der Waals surface area (Å²) in [6.07, 6.45) is 0. The number of nitrogens with one attached hydrogen (secondary N) is 1. The van der Waals surface area contributed by atoms with E-state index in [0.29, 0.717) is 16.7 Å². The average Bonchev–Trinajstić information content (AvgIpc) is 3.23. The fourth-order valence-corrected chi connectivity index (χ4v) is 2.89. The van der Waals surface area contributed by atoms with Crippen LogP contribution >= 0.6 is 11.8 Å². The molecule has 0 spiro atoms. The van der Waals surface area contributed by atoms with E-state index in [1.54, 1.807) is 6.92 Å². The van der Waals surface area contributed by atoms with Gasteiger partial charge in [0.05, 0.1) is 6.07 Å². The number of aryl methyl sites for hydroxylation is 1. The van der Waals surface area contributed by atoms with Crippen LogP contribution in [0.3, 0.4) is 0 Å². The van der Waals surface area contributed by atoms with Crippen molar-refractivity contribution in [1.82, 2.24) is 14.9 Å². The van der Waals surface area contributed by atoms with Crippen LogP contribution in [0.4, 0.5) is 5.88 Å². The third kappa shape index (κ3) is 3.86. The van der Waals surface area contributed by atoms with Crippen LogP contribution in [0.5, 0.6) is 0 Å². The Bertz CT molecular complexity index is 906. The highest BCUT2D eigenvalue weighted by molar-refractivity contribution is 7.98. The Kier molecular flexibility index (Phi) is 4.80. The molecular weight excluding hydrogens is 346 g/mol.